The van der Waals surface area contributed by atoms with Gasteiger partial charge in [-0.1, -0.05) is 24.3 Å². The average molecular weight is 316 g/mol. The van der Waals surface area contributed by atoms with Crippen LogP contribution in [-0.2, 0) is 9.84 Å². The maximum Gasteiger partial charge on any atom is 0.218 e. The van der Waals surface area contributed by atoms with Gasteiger partial charge in [-0.3, -0.25) is 0 Å². The molecule has 22 heavy (non-hydrogen) atoms. The minimum Gasteiger partial charge on any atom is -0.360 e. The molecule has 0 bridgehead atoms. The Labute approximate surface area is 128 Å². The SMILES string of the molecule is Cc1ccc(NC=C(C#N)S(=O)(=O)c2ccccc2)cc1F. The van der Waals surface area contributed by atoms with Crippen molar-refractivity contribution in [2.75, 3.05) is 5.32 Å². The predicted molar refractivity (Wildman–Crippen MR) is 82.1 cm³/mol. The van der Waals surface area contributed by atoms with Crippen LogP contribution in [0.15, 0.2) is 64.5 Å². The van der Waals surface area contributed by atoms with E-state index in [2.05, 4.69) is 5.32 Å². The molecule has 0 aliphatic carbocycles. The molecule has 2 aromatic carbocycles. The Morgan fingerprint density at radius 3 is 2.50 bits per heavy atom. The number of hydrogen-bond acceptors (Lipinski definition) is 4. The highest BCUT2D eigenvalue weighted by Gasteiger charge is 2.20. The molecular formula is C16H13FN2O2S. The van der Waals surface area contributed by atoms with Crippen LogP contribution < -0.4 is 5.32 Å². The minimum atomic E-state index is -3.90. The molecule has 0 heterocycles. The van der Waals surface area contributed by atoms with Crippen LogP contribution in [0.2, 0.25) is 0 Å². The van der Waals surface area contributed by atoms with Crippen molar-refractivity contribution in [1.29, 1.82) is 5.26 Å². The molecule has 0 fully saturated rings. The third kappa shape index (κ3) is 3.32. The molecule has 0 aliphatic rings. The van der Waals surface area contributed by atoms with Crippen molar-refractivity contribution >= 4 is 15.5 Å². The lowest BCUT2D eigenvalue weighted by Gasteiger charge is -2.05. The first-order chi connectivity index (χ1) is 10.4. The highest BCUT2D eigenvalue weighted by atomic mass is 32.2. The van der Waals surface area contributed by atoms with Gasteiger partial charge >= 0.3 is 0 Å². The van der Waals surface area contributed by atoms with E-state index in [4.69, 9.17) is 5.26 Å². The van der Waals surface area contributed by atoms with Gasteiger partial charge in [0, 0.05) is 11.9 Å². The zero-order chi connectivity index (χ0) is 16.2. The molecule has 0 amide bonds. The van der Waals surface area contributed by atoms with Gasteiger partial charge < -0.3 is 5.32 Å². The number of rotatable bonds is 4. The normalized spacial score (nSPS) is 11.8. The summed E-state index contributed by atoms with van der Waals surface area (Å²) >= 11 is 0. The third-order valence-electron chi connectivity index (χ3n) is 2.99. The van der Waals surface area contributed by atoms with Crippen molar-refractivity contribution in [1.82, 2.24) is 0 Å². The Kier molecular flexibility index (Phi) is 4.59. The van der Waals surface area contributed by atoms with Crippen molar-refractivity contribution in [3.05, 3.63) is 71.0 Å². The molecule has 0 saturated heterocycles. The Bertz CT molecular complexity index is 853. The second kappa shape index (κ2) is 6.41. The largest absolute Gasteiger partial charge is 0.360 e. The summed E-state index contributed by atoms with van der Waals surface area (Å²) in [7, 11) is -3.90. The van der Waals surface area contributed by atoms with E-state index in [9.17, 15) is 12.8 Å². The summed E-state index contributed by atoms with van der Waals surface area (Å²) < 4.78 is 38.0. The molecule has 0 unspecified atom stereocenters. The fourth-order valence-electron chi connectivity index (χ4n) is 1.73. The molecule has 0 aliphatic heterocycles. The maximum absolute atomic E-state index is 13.4. The molecule has 0 aromatic heterocycles. The summed E-state index contributed by atoms with van der Waals surface area (Å²) in [6.07, 6.45) is 1.06. The summed E-state index contributed by atoms with van der Waals surface area (Å²) in [6, 6.07) is 13.7. The predicted octanol–water partition coefficient (Wildman–Crippen LogP) is 3.38. The number of nitriles is 1. The second-order valence-electron chi connectivity index (χ2n) is 4.55. The van der Waals surface area contributed by atoms with E-state index in [1.165, 1.54) is 18.2 Å². The first-order valence-electron chi connectivity index (χ1n) is 6.38. The number of sulfone groups is 1. The van der Waals surface area contributed by atoms with Crippen molar-refractivity contribution < 1.29 is 12.8 Å². The quantitative estimate of drug-likeness (QED) is 0.878. The molecule has 0 saturated carbocycles. The summed E-state index contributed by atoms with van der Waals surface area (Å²) in [5, 5.41) is 11.7. The summed E-state index contributed by atoms with van der Waals surface area (Å²) in [5.41, 5.74) is 0.839. The average Bonchev–Trinajstić information content (AvgIpc) is 2.52. The fraction of sp³-hybridized carbons (Fsp3) is 0.0625. The van der Waals surface area contributed by atoms with Gasteiger partial charge in [0.05, 0.1) is 4.90 Å². The van der Waals surface area contributed by atoms with Crippen LogP contribution in [0.5, 0.6) is 0 Å². The van der Waals surface area contributed by atoms with E-state index in [0.29, 0.717) is 11.3 Å². The van der Waals surface area contributed by atoms with Gasteiger partial charge in [-0.05, 0) is 36.8 Å². The standard InChI is InChI=1S/C16H13FN2O2S/c1-12-7-8-13(9-16(12)17)19-11-15(10-18)22(20,21)14-5-3-2-4-6-14/h2-9,11,19H,1H3. The topological polar surface area (TPSA) is 70.0 Å². The van der Waals surface area contributed by atoms with Gasteiger partial charge in [0.2, 0.25) is 9.84 Å². The summed E-state index contributed by atoms with van der Waals surface area (Å²) in [6.45, 7) is 1.62. The lowest BCUT2D eigenvalue weighted by Crippen LogP contribution is -2.05. The number of halogens is 1. The van der Waals surface area contributed by atoms with E-state index in [-0.39, 0.29) is 4.90 Å². The van der Waals surface area contributed by atoms with Gasteiger partial charge in [-0.15, -0.1) is 0 Å². The monoisotopic (exact) mass is 316 g/mol. The number of anilines is 1. The van der Waals surface area contributed by atoms with Crippen LogP contribution in [0.4, 0.5) is 10.1 Å². The minimum absolute atomic E-state index is 0.0275. The molecule has 6 heteroatoms. The van der Waals surface area contributed by atoms with Crippen molar-refractivity contribution in [3.63, 3.8) is 0 Å². The molecule has 4 nitrogen and oxygen atoms in total. The Hall–Kier alpha value is -2.65. The lowest BCUT2D eigenvalue weighted by atomic mass is 10.2. The van der Waals surface area contributed by atoms with Crippen LogP contribution in [0.25, 0.3) is 0 Å². The van der Waals surface area contributed by atoms with Crippen LogP contribution in [0, 0.1) is 24.1 Å². The van der Waals surface area contributed by atoms with Crippen molar-refractivity contribution in [2.24, 2.45) is 0 Å². The molecule has 2 rings (SSSR count). The second-order valence-corrected chi connectivity index (χ2v) is 6.46. The highest BCUT2D eigenvalue weighted by molar-refractivity contribution is 7.95. The van der Waals surface area contributed by atoms with E-state index in [1.54, 1.807) is 43.3 Å². The molecule has 1 N–H and O–H groups in total. The van der Waals surface area contributed by atoms with Gasteiger partial charge in [0.1, 0.15) is 11.9 Å². The van der Waals surface area contributed by atoms with E-state index in [1.807, 2.05) is 0 Å². The number of nitrogens with one attached hydrogen (secondary N) is 1. The van der Waals surface area contributed by atoms with Gasteiger partial charge in [0.15, 0.2) is 4.91 Å². The first-order valence-corrected chi connectivity index (χ1v) is 7.86. The maximum atomic E-state index is 13.4. The molecular weight excluding hydrogens is 303 g/mol. The number of hydrogen-bond donors (Lipinski definition) is 1. The van der Waals surface area contributed by atoms with Crippen molar-refractivity contribution in [3.8, 4) is 6.07 Å². The Morgan fingerprint density at radius 1 is 1.23 bits per heavy atom. The van der Waals surface area contributed by atoms with Crippen molar-refractivity contribution in [2.45, 2.75) is 11.8 Å². The van der Waals surface area contributed by atoms with Crippen LogP contribution >= 0.6 is 0 Å². The van der Waals surface area contributed by atoms with Crippen LogP contribution in [-0.4, -0.2) is 8.42 Å². The Balaban J connectivity index is 2.32. The molecule has 2 aromatic rings. The molecule has 0 spiro atoms. The zero-order valence-electron chi connectivity index (χ0n) is 11.7. The first kappa shape index (κ1) is 15.7. The third-order valence-corrected chi connectivity index (χ3v) is 4.68. The van der Waals surface area contributed by atoms with Crippen LogP contribution in [0.3, 0.4) is 0 Å². The van der Waals surface area contributed by atoms with E-state index >= 15 is 0 Å². The van der Waals surface area contributed by atoms with Gasteiger partial charge in [0.25, 0.3) is 0 Å². The van der Waals surface area contributed by atoms with Gasteiger partial charge in [-0.2, -0.15) is 5.26 Å². The molecule has 112 valence electrons. The lowest BCUT2D eigenvalue weighted by molar-refractivity contribution is 0.603. The number of benzene rings is 2. The van der Waals surface area contributed by atoms with E-state index in [0.717, 1.165) is 6.20 Å². The highest BCUT2D eigenvalue weighted by Crippen LogP contribution is 2.19. The summed E-state index contributed by atoms with van der Waals surface area (Å²) in [4.78, 5) is -0.417. The number of aryl methyl sites for hydroxylation is 1. The number of allylic oxidation sites excluding steroid dienone is 1. The molecule has 0 atom stereocenters. The van der Waals surface area contributed by atoms with E-state index < -0.39 is 20.6 Å². The van der Waals surface area contributed by atoms with Gasteiger partial charge in [-0.25, -0.2) is 12.8 Å². The summed E-state index contributed by atoms with van der Waals surface area (Å²) in [5.74, 6) is -0.414. The van der Waals surface area contributed by atoms with Crippen LogP contribution in [0.1, 0.15) is 5.56 Å². The smallest absolute Gasteiger partial charge is 0.218 e. The molecule has 0 radical (unpaired) electrons. The number of nitrogens with zero attached hydrogens (tertiary/aromatic N) is 1. The Morgan fingerprint density at radius 2 is 1.91 bits per heavy atom. The fourth-order valence-corrected chi connectivity index (χ4v) is 2.83. The zero-order valence-corrected chi connectivity index (χ0v) is 12.6.